The summed E-state index contributed by atoms with van der Waals surface area (Å²) in [5.41, 5.74) is 0.597. The molecule has 0 saturated heterocycles. The molecule has 0 aliphatic carbocycles. The predicted octanol–water partition coefficient (Wildman–Crippen LogP) is 3.44. The van der Waals surface area contributed by atoms with E-state index in [0.717, 1.165) is 18.9 Å². The minimum atomic E-state index is -0.722. The third kappa shape index (κ3) is 3.28. The van der Waals surface area contributed by atoms with Gasteiger partial charge in [0.25, 0.3) is 11.8 Å². The first-order chi connectivity index (χ1) is 12.0. The molecule has 6 heteroatoms. The lowest BCUT2D eigenvalue weighted by Crippen LogP contribution is -2.30. The summed E-state index contributed by atoms with van der Waals surface area (Å²) in [7, 11) is 0. The maximum atomic E-state index is 13.2. The molecule has 128 valence electrons. The lowest BCUT2D eigenvalue weighted by atomic mass is 10.1. The Balaban J connectivity index is 1.83. The number of carbonyl (C=O) groups is 3. The number of nitrogens with zero attached hydrogens (tertiary/aromatic N) is 1. The standard InChI is InChI=1S/C19H16FNO4/c1-2-3-9-21-17(22)15-8-7-12(10-16(15)18(21)23)19(24)25-14-6-4-5-13(20)11-14/h4-8,10-11H,2-3,9H2,1H3. The topological polar surface area (TPSA) is 63.7 Å². The molecule has 2 amide bonds. The highest BCUT2D eigenvalue weighted by Crippen LogP contribution is 2.25. The third-order valence-corrected chi connectivity index (χ3v) is 3.95. The van der Waals surface area contributed by atoms with Gasteiger partial charge in [-0.1, -0.05) is 19.4 Å². The highest BCUT2D eigenvalue weighted by atomic mass is 19.1. The van der Waals surface area contributed by atoms with Crippen molar-refractivity contribution in [2.75, 3.05) is 6.54 Å². The number of ether oxygens (including phenoxy) is 1. The summed E-state index contributed by atoms with van der Waals surface area (Å²) >= 11 is 0. The van der Waals surface area contributed by atoms with Crippen LogP contribution in [0, 0.1) is 5.82 Å². The maximum Gasteiger partial charge on any atom is 0.343 e. The second kappa shape index (κ2) is 6.84. The summed E-state index contributed by atoms with van der Waals surface area (Å²) in [6.45, 7) is 2.32. The molecule has 25 heavy (non-hydrogen) atoms. The Morgan fingerprint density at radius 2 is 1.84 bits per heavy atom. The Bertz CT molecular complexity index is 862. The van der Waals surface area contributed by atoms with Gasteiger partial charge in [-0.25, -0.2) is 9.18 Å². The second-order valence-electron chi connectivity index (χ2n) is 5.72. The van der Waals surface area contributed by atoms with E-state index < -0.39 is 17.7 Å². The van der Waals surface area contributed by atoms with E-state index in [1.165, 1.54) is 41.3 Å². The monoisotopic (exact) mass is 341 g/mol. The molecule has 2 aromatic carbocycles. The van der Waals surface area contributed by atoms with Crippen LogP contribution in [-0.2, 0) is 0 Å². The van der Waals surface area contributed by atoms with Crippen molar-refractivity contribution in [2.45, 2.75) is 19.8 Å². The molecule has 1 heterocycles. The highest BCUT2D eigenvalue weighted by Gasteiger charge is 2.35. The van der Waals surface area contributed by atoms with Crippen LogP contribution in [0.15, 0.2) is 42.5 Å². The van der Waals surface area contributed by atoms with Crippen LogP contribution < -0.4 is 4.74 Å². The Labute approximate surface area is 144 Å². The quantitative estimate of drug-likeness (QED) is 0.475. The van der Waals surface area contributed by atoms with E-state index in [0.29, 0.717) is 6.54 Å². The van der Waals surface area contributed by atoms with E-state index in [1.54, 1.807) is 0 Å². The van der Waals surface area contributed by atoms with Crippen LogP contribution in [0.4, 0.5) is 4.39 Å². The molecule has 5 nitrogen and oxygen atoms in total. The van der Waals surface area contributed by atoms with Crippen LogP contribution in [0.3, 0.4) is 0 Å². The molecule has 0 saturated carbocycles. The SMILES string of the molecule is CCCCN1C(=O)c2ccc(C(=O)Oc3cccc(F)c3)cc2C1=O. The molecule has 1 aliphatic heterocycles. The van der Waals surface area contributed by atoms with Gasteiger partial charge in [0.15, 0.2) is 0 Å². The smallest absolute Gasteiger partial charge is 0.343 e. The summed E-state index contributed by atoms with van der Waals surface area (Å²) in [6, 6.07) is 9.43. The molecule has 0 fully saturated rings. The molecule has 0 spiro atoms. The molecule has 0 bridgehead atoms. The van der Waals surface area contributed by atoms with Crippen LogP contribution in [0.2, 0.25) is 0 Å². The molecule has 3 rings (SSSR count). The van der Waals surface area contributed by atoms with Crippen LogP contribution in [0.5, 0.6) is 5.75 Å². The van der Waals surface area contributed by atoms with E-state index >= 15 is 0 Å². The fraction of sp³-hybridized carbons (Fsp3) is 0.211. The zero-order valence-corrected chi connectivity index (χ0v) is 13.6. The van der Waals surface area contributed by atoms with Crippen molar-refractivity contribution in [3.8, 4) is 5.75 Å². The number of amides is 2. The van der Waals surface area contributed by atoms with Gasteiger partial charge in [0, 0.05) is 12.6 Å². The number of carbonyl (C=O) groups excluding carboxylic acids is 3. The third-order valence-electron chi connectivity index (χ3n) is 3.95. The van der Waals surface area contributed by atoms with Crippen LogP contribution >= 0.6 is 0 Å². The normalized spacial score (nSPS) is 13.1. The largest absolute Gasteiger partial charge is 0.423 e. The molecular formula is C19H16FNO4. The summed E-state index contributed by atoms with van der Waals surface area (Å²) in [6.07, 6.45) is 1.58. The summed E-state index contributed by atoms with van der Waals surface area (Å²) in [4.78, 5) is 38.1. The number of rotatable bonds is 5. The Hall–Kier alpha value is -3.02. The minimum Gasteiger partial charge on any atom is -0.423 e. The molecule has 0 unspecified atom stereocenters. The number of hydrogen-bond donors (Lipinski definition) is 0. The van der Waals surface area contributed by atoms with Gasteiger partial charge in [0.2, 0.25) is 0 Å². The zero-order valence-electron chi connectivity index (χ0n) is 13.6. The van der Waals surface area contributed by atoms with Crippen molar-refractivity contribution in [1.82, 2.24) is 4.90 Å². The fourth-order valence-electron chi connectivity index (χ4n) is 2.63. The Morgan fingerprint density at radius 1 is 1.08 bits per heavy atom. The van der Waals surface area contributed by atoms with E-state index in [2.05, 4.69) is 0 Å². The van der Waals surface area contributed by atoms with Crippen molar-refractivity contribution in [2.24, 2.45) is 0 Å². The number of benzene rings is 2. The van der Waals surface area contributed by atoms with Crippen molar-refractivity contribution < 1.29 is 23.5 Å². The van der Waals surface area contributed by atoms with Crippen molar-refractivity contribution in [3.63, 3.8) is 0 Å². The zero-order chi connectivity index (χ0) is 18.0. The van der Waals surface area contributed by atoms with Gasteiger partial charge in [-0.15, -0.1) is 0 Å². The number of unbranched alkanes of at least 4 members (excludes halogenated alkanes) is 1. The van der Waals surface area contributed by atoms with Crippen molar-refractivity contribution in [1.29, 1.82) is 0 Å². The number of esters is 1. The van der Waals surface area contributed by atoms with Gasteiger partial charge < -0.3 is 4.74 Å². The van der Waals surface area contributed by atoms with Crippen molar-refractivity contribution in [3.05, 3.63) is 65.0 Å². The van der Waals surface area contributed by atoms with Crippen molar-refractivity contribution >= 4 is 17.8 Å². The van der Waals surface area contributed by atoms with Gasteiger partial charge in [0.1, 0.15) is 11.6 Å². The first-order valence-electron chi connectivity index (χ1n) is 7.99. The van der Waals surface area contributed by atoms with Crippen LogP contribution in [0.25, 0.3) is 0 Å². The molecule has 2 aromatic rings. The molecular weight excluding hydrogens is 325 g/mol. The average molecular weight is 341 g/mol. The number of imide groups is 1. The lowest BCUT2D eigenvalue weighted by molar-refractivity contribution is 0.0651. The summed E-state index contributed by atoms with van der Waals surface area (Å²) < 4.78 is 18.3. The number of fused-ring (bicyclic) bond motifs is 1. The second-order valence-corrected chi connectivity index (χ2v) is 5.72. The first kappa shape index (κ1) is 16.8. The molecule has 0 radical (unpaired) electrons. The highest BCUT2D eigenvalue weighted by molar-refractivity contribution is 6.22. The Kier molecular flexibility index (Phi) is 4.61. The summed E-state index contributed by atoms with van der Waals surface area (Å²) in [5.74, 6) is -1.93. The fourth-order valence-corrected chi connectivity index (χ4v) is 2.63. The maximum absolute atomic E-state index is 13.2. The molecule has 0 N–H and O–H groups in total. The van der Waals surface area contributed by atoms with E-state index in [4.69, 9.17) is 4.74 Å². The minimum absolute atomic E-state index is 0.0671. The average Bonchev–Trinajstić information content (AvgIpc) is 2.83. The van der Waals surface area contributed by atoms with E-state index in [1.807, 2.05) is 6.92 Å². The van der Waals surface area contributed by atoms with Crippen LogP contribution in [-0.4, -0.2) is 29.2 Å². The van der Waals surface area contributed by atoms with Gasteiger partial charge in [-0.3, -0.25) is 14.5 Å². The van der Waals surface area contributed by atoms with E-state index in [9.17, 15) is 18.8 Å². The molecule has 0 atom stereocenters. The molecule has 0 aromatic heterocycles. The van der Waals surface area contributed by atoms with Gasteiger partial charge in [0.05, 0.1) is 16.7 Å². The summed E-state index contributed by atoms with van der Waals surface area (Å²) in [5, 5.41) is 0. The molecule has 1 aliphatic rings. The lowest BCUT2D eigenvalue weighted by Gasteiger charge is -2.12. The Morgan fingerprint density at radius 3 is 2.56 bits per heavy atom. The number of hydrogen-bond acceptors (Lipinski definition) is 4. The number of halogens is 1. The van der Waals surface area contributed by atoms with Crippen LogP contribution in [0.1, 0.15) is 50.8 Å². The van der Waals surface area contributed by atoms with Gasteiger partial charge >= 0.3 is 5.97 Å². The van der Waals surface area contributed by atoms with Gasteiger partial charge in [-0.2, -0.15) is 0 Å². The van der Waals surface area contributed by atoms with E-state index in [-0.39, 0.29) is 28.3 Å². The van der Waals surface area contributed by atoms with Gasteiger partial charge in [-0.05, 0) is 36.8 Å². The first-order valence-corrected chi connectivity index (χ1v) is 7.99. The predicted molar refractivity (Wildman–Crippen MR) is 88.1 cm³/mol.